The molecule has 1 unspecified atom stereocenters. The van der Waals surface area contributed by atoms with Gasteiger partial charge in [0.1, 0.15) is 6.04 Å². The number of benzene rings is 1. The zero-order valence-corrected chi connectivity index (χ0v) is 12.1. The fourth-order valence-corrected chi connectivity index (χ4v) is 2.23. The molecule has 0 aliphatic heterocycles. The minimum Gasteiger partial charge on any atom is -0.338 e. The summed E-state index contributed by atoms with van der Waals surface area (Å²) in [4.78, 5) is 14.5. The fourth-order valence-electron chi connectivity index (χ4n) is 2.23. The molecule has 1 aromatic carbocycles. The molecular weight excluding hydrogens is 236 g/mol. The Morgan fingerprint density at radius 2 is 1.89 bits per heavy atom. The van der Waals surface area contributed by atoms with Gasteiger partial charge in [0.2, 0.25) is 5.91 Å². The lowest BCUT2D eigenvalue weighted by molar-refractivity contribution is -0.134. The Kier molecular flexibility index (Phi) is 4.25. The van der Waals surface area contributed by atoms with E-state index in [0.29, 0.717) is 5.92 Å². The number of carbonyl (C=O) groups excluding carboxylic acids is 1. The Balaban J connectivity index is 2.08. The van der Waals surface area contributed by atoms with Gasteiger partial charge in [0.15, 0.2) is 0 Å². The molecule has 2 rings (SSSR count). The Morgan fingerprint density at radius 3 is 2.37 bits per heavy atom. The molecule has 0 saturated heterocycles. The van der Waals surface area contributed by atoms with Crippen LogP contribution < -0.4 is 5.73 Å². The van der Waals surface area contributed by atoms with Gasteiger partial charge in [-0.2, -0.15) is 0 Å². The minimum absolute atomic E-state index is 0.0470. The van der Waals surface area contributed by atoms with E-state index in [1.54, 1.807) is 0 Å². The molecule has 0 heterocycles. The molecule has 1 fully saturated rings. The first-order chi connectivity index (χ1) is 8.99. The summed E-state index contributed by atoms with van der Waals surface area (Å²) in [6.45, 7) is 7.00. The number of nitrogens with two attached hydrogens (primary N) is 1. The highest BCUT2D eigenvalue weighted by molar-refractivity contribution is 5.83. The number of aryl methyl sites for hydroxylation is 1. The zero-order valence-electron chi connectivity index (χ0n) is 12.1. The average Bonchev–Trinajstić information content (AvgIpc) is 3.19. The highest BCUT2D eigenvalue weighted by Gasteiger charge is 2.30. The van der Waals surface area contributed by atoms with E-state index in [0.717, 1.165) is 12.1 Å². The lowest BCUT2D eigenvalue weighted by Gasteiger charge is -2.29. The van der Waals surface area contributed by atoms with Gasteiger partial charge >= 0.3 is 0 Å². The van der Waals surface area contributed by atoms with Crippen LogP contribution in [0.3, 0.4) is 0 Å². The standard InChI is InChI=1S/C16H24N2O/c1-11(2)18(10-13-6-7-13)16(19)15(17)14-8-4-12(3)5-9-14/h4-5,8-9,11,13,15H,6-7,10,17H2,1-3H3. The van der Waals surface area contributed by atoms with Gasteiger partial charge in [-0.05, 0) is 45.1 Å². The molecule has 0 bridgehead atoms. The second kappa shape index (κ2) is 5.74. The van der Waals surface area contributed by atoms with Gasteiger partial charge in [0.25, 0.3) is 0 Å². The average molecular weight is 260 g/mol. The van der Waals surface area contributed by atoms with E-state index < -0.39 is 6.04 Å². The smallest absolute Gasteiger partial charge is 0.244 e. The lowest BCUT2D eigenvalue weighted by Crippen LogP contribution is -2.43. The van der Waals surface area contributed by atoms with Gasteiger partial charge in [-0.3, -0.25) is 4.79 Å². The first-order valence-corrected chi connectivity index (χ1v) is 7.11. The van der Waals surface area contributed by atoms with Crippen molar-refractivity contribution in [2.45, 2.75) is 45.7 Å². The predicted molar refractivity (Wildman–Crippen MR) is 77.7 cm³/mol. The maximum Gasteiger partial charge on any atom is 0.244 e. The minimum atomic E-state index is -0.540. The summed E-state index contributed by atoms with van der Waals surface area (Å²) in [6.07, 6.45) is 2.49. The second-order valence-corrected chi connectivity index (χ2v) is 5.92. The predicted octanol–water partition coefficient (Wildman–Crippen LogP) is 2.64. The molecule has 1 aromatic rings. The summed E-state index contributed by atoms with van der Waals surface area (Å²) >= 11 is 0. The summed E-state index contributed by atoms with van der Waals surface area (Å²) in [5, 5.41) is 0. The molecule has 0 spiro atoms. The quantitative estimate of drug-likeness (QED) is 0.884. The number of rotatable bonds is 5. The van der Waals surface area contributed by atoms with Gasteiger partial charge in [-0.1, -0.05) is 29.8 Å². The molecule has 19 heavy (non-hydrogen) atoms. The van der Waals surface area contributed by atoms with E-state index in [-0.39, 0.29) is 11.9 Å². The molecule has 0 radical (unpaired) electrons. The normalized spacial score (nSPS) is 16.5. The van der Waals surface area contributed by atoms with Gasteiger partial charge in [0, 0.05) is 12.6 Å². The monoisotopic (exact) mass is 260 g/mol. The van der Waals surface area contributed by atoms with Gasteiger partial charge < -0.3 is 10.6 Å². The number of hydrogen-bond donors (Lipinski definition) is 1. The highest BCUT2D eigenvalue weighted by atomic mass is 16.2. The molecule has 1 saturated carbocycles. The Bertz CT molecular complexity index is 435. The molecular formula is C16H24N2O. The third-order valence-electron chi connectivity index (χ3n) is 3.76. The first-order valence-electron chi connectivity index (χ1n) is 7.11. The number of carbonyl (C=O) groups is 1. The number of amides is 1. The van der Waals surface area contributed by atoms with Crippen LogP contribution >= 0.6 is 0 Å². The number of hydrogen-bond acceptors (Lipinski definition) is 2. The van der Waals surface area contributed by atoms with Crippen LogP contribution in [0.25, 0.3) is 0 Å². The van der Waals surface area contributed by atoms with Crippen LogP contribution in [-0.2, 0) is 4.79 Å². The van der Waals surface area contributed by atoms with Gasteiger partial charge in [-0.15, -0.1) is 0 Å². The van der Waals surface area contributed by atoms with Crippen molar-refractivity contribution < 1.29 is 4.79 Å². The van der Waals surface area contributed by atoms with Crippen LogP contribution in [0.4, 0.5) is 0 Å². The fraction of sp³-hybridized carbons (Fsp3) is 0.562. The van der Waals surface area contributed by atoms with E-state index in [9.17, 15) is 4.79 Å². The SMILES string of the molecule is Cc1ccc(C(N)C(=O)N(CC2CC2)C(C)C)cc1. The van der Waals surface area contributed by atoms with Crippen molar-refractivity contribution in [3.05, 3.63) is 35.4 Å². The maximum atomic E-state index is 12.5. The Hall–Kier alpha value is -1.35. The zero-order chi connectivity index (χ0) is 14.0. The molecule has 0 aromatic heterocycles. The highest BCUT2D eigenvalue weighted by Crippen LogP contribution is 2.31. The molecule has 1 aliphatic carbocycles. The Labute approximate surface area is 115 Å². The van der Waals surface area contributed by atoms with Crippen molar-refractivity contribution in [3.63, 3.8) is 0 Å². The molecule has 1 amide bonds. The van der Waals surface area contributed by atoms with Crippen molar-refractivity contribution in [1.29, 1.82) is 0 Å². The van der Waals surface area contributed by atoms with Crippen LogP contribution in [0.2, 0.25) is 0 Å². The Morgan fingerprint density at radius 1 is 1.32 bits per heavy atom. The van der Waals surface area contributed by atoms with Crippen LogP contribution in [0.15, 0.2) is 24.3 Å². The van der Waals surface area contributed by atoms with Crippen LogP contribution in [0.1, 0.15) is 43.9 Å². The summed E-state index contributed by atoms with van der Waals surface area (Å²) in [5.74, 6) is 0.738. The van der Waals surface area contributed by atoms with E-state index >= 15 is 0 Å². The van der Waals surface area contributed by atoms with Gasteiger partial charge in [0.05, 0.1) is 0 Å². The summed E-state index contributed by atoms with van der Waals surface area (Å²) in [5.41, 5.74) is 8.21. The second-order valence-electron chi connectivity index (χ2n) is 5.92. The van der Waals surface area contributed by atoms with Crippen LogP contribution in [0.5, 0.6) is 0 Å². The molecule has 2 N–H and O–H groups in total. The topological polar surface area (TPSA) is 46.3 Å². The maximum absolute atomic E-state index is 12.5. The van der Waals surface area contributed by atoms with E-state index in [4.69, 9.17) is 5.73 Å². The summed E-state index contributed by atoms with van der Waals surface area (Å²) in [7, 11) is 0. The van der Waals surface area contributed by atoms with Crippen molar-refractivity contribution in [1.82, 2.24) is 4.90 Å². The summed E-state index contributed by atoms with van der Waals surface area (Å²) < 4.78 is 0. The first kappa shape index (κ1) is 14.1. The van der Waals surface area contributed by atoms with E-state index in [1.807, 2.05) is 36.1 Å². The van der Waals surface area contributed by atoms with Crippen LogP contribution in [0, 0.1) is 12.8 Å². The third kappa shape index (κ3) is 3.57. The molecule has 3 heteroatoms. The van der Waals surface area contributed by atoms with Crippen molar-refractivity contribution >= 4 is 5.91 Å². The lowest BCUT2D eigenvalue weighted by atomic mass is 10.0. The molecule has 104 valence electrons. The van der Waals surface area contributed by atoms with Gasteiger partial charge in [-0.25, -0.2) is 0 Å². The molecule has 3 nitrogen and oxygen atoms in total. The van der Waals surface area contributed by atoms with E-state index in [1.165, 1.54) is 18.4 Å². The molecule has 1 aliphatic rings. The van der Waals surface area contributed by atoms with Crippen molar-refractivity contribution in [2.75, 3.05) is 6.54 Å². The molecule has 1 atom stereocenters. The van der Waals surface area contributed by atoms with Crippen LogP contribution in [-0.4, -0.2) is 23.4 Å². The third-order valence-corrected chi connectivity index (χ3v) is 3.76. The largest absolute Gasteiger partial charge is 0.338 e. The number of nitrogens with zero attached hydrogens (tertiary/aromatic N) is 1. The van der Waals surface area contributed by atoms with Crippen molar-refractivity contribution in [3.8, 4) is 0 Å². The van der Waals surface area contributed by atoms with E-state index in [2.05, 4.69) is 13.8 Å². The summed E-state index contributed by atoms with van der Waals surface area (Å²) in [6, 6.07) is 7.58. The van der Waals surface area contributed by atoms with Crippen molar-refractivity contribution in [2.24, 2.45) is 11.7 Å².